The molecule has 2 rings (SSSR count). The first-order chi connectivity index (χ1) is 11.6. The van der Waals surface area contributed by atoms with E-state index in [1.165, 1.54) is 14.2 Å². The minimum absolute atomic E-state index is 0.352. The van der Waals surface area contributed by atoms with Crippen LogP contribution in [0.1, 0.15) is 21.5 Å². The molecule has 0 aliphatic heterocycles. The fraction of sp³-hybridized carbons (Fsp3) is 0.222. The number of amides is 1. The molecular weight excluding hydrogens is 308 g/mol. The van der Waals surface area contributed by atoms with Gasteiger partial charge in [0.15, 0.2) is 0 Å². The maximum Gasteiger partial charge on any atom is 0.271 e. The van der Waals surface area contributed by atoms with E-state index in [1.54, 1.807) is 31.5 Å². The highest BCUT2D eigenvalue weighted by molar-refractivity contribution is 5.95. The lowest BCUT2D eigenvalue weighted by Crippen LogP contribution is -2.17. The lowest BCUT2D eigenvalue weighted by atomic mass is 10.1. The standard InChI is InChI=1S/C18H20N2O4/c1-12-7-15(22-2)6-5-13(12)11-19-20-18(21)14-8-16(23-3)10-17(9-14)24-4/h5-11H,1-4H3,(H,20,21). The Kier molecular flexibility index (Phi) is 5.78. The van der Waals surface area contributed by atoms with E-state index in [2.05, 4.69) is 10.5 Å². The summed E-state index contributed by atoms with van der Waals surface area (Å²) in [5.74, 6) is 1.50. The van der Waals surface area contributed by atoms with E-state index < -0.39 is 0 Å². The van der Waals surface area contributed by atoms with Crippen LogP contribution in [0.5, 0.6) is 17.2 Å². The van der Waals surface area contributed by atoms with Crippen LogP contribution < -0.4 is 19.6 Å². The number of nitrogens with zero attached hydrogens (tertiary/aromatic N) is 1. The molecule has 0 bridgehead atoms. The fourth-order valence-corrected chi connectivity index (χ4v) is 2.08. The molecule has 0 heterocycles. The van der Waals surface area contributed by atoms with Gasteiger partial charge in [0, 0.05) is 11.6 Å². The van der Waals surface area contributed by atoms with Crippen LogP contribution in [0.15, 0.2) is 41.5 Å². The average Bonchev–Trinajstić information content (AvgIpc) is 2.62. The first kappa shape index (κ1) is 17.3. The van der Waals surface area contributed by atoms with Crippen LogP contribution in [-0.2, 0) is 0 Å². The van der Waals surface area contributed by atoms with Gasteiger partial charge in [0.05, 0.1) is 27.5 Å². The SMILES string of the molecule is COc1cc(OC)cc(C(=O)NN=Cc2ccc(OC)cc2C)c1. The summed E-state index contributed by atoms with van der Waals surface area (Å²) in [5, 5.41) is 4.00. The number of aryl methyl sites for hydroxylation is 1. The fourth-order valence-electron chi connectivity index (χ4n) is 2.08. The Morgan fingerprint density at radius 2 is 1.58 bits per heavy atom. The highest BCUT2D eigenvalue weighted by atomic mass is 16.5. The van der Waals surface area contributed by atoms with Crippen LogP contribution in [0, 0.1) is 6.92 Å². The summed E-state index contributed by atoms with van der Waals surface area (Å²) in [6.07, 6.45) is 1.59. The number of hydrogen-bond donors (Lipinski definition) is 1. The molecule has 6 heteroatoms. The van der Waals surface area contributed by atoms with Gasteiger partial charge in [-0.15, -0.1) is 0 Å². The second-order valence-electron chi connectivity index (χ2n) is 5.02. The number of hydrogen-bond acceptors (Lipinski definition) is 5. The third-order valence-corrected chi connectivity index (χ3v) is 3.46. The van der Waals surface area contributed by atoms with E-state index in [0.29, 0.717) is 17.1 Å². The van der Waals surface area contributed by atoms with E-state index >= 15 is 0 Å². The van der Waals surface area contributed by atoms with Crippen molar-refractivity contribution in [2.24, 2.45) is 5.10 Å². The van der Waals surface area contributed by atoms with Gasteiger partial charge in [-0.3, -0.25) is 4.79 Å². The first-order valence-corrected chi connectivity index (χ1v) is 7.28. The summed E-state index contributed by atoms with van der Waals surface area (Å²) in [4.78, 5) is 12.2. The molecule has 0 atom stereocenters. The van der Waals surface area contributed by atoms with Crippen molar-refractivity contribution in [3.63, 3.8) is 0 Å². The normalized spacial score (nSPS) is 10.5. The number of methoxy groups -OCH3 is 3. The monoisotopic (exact) mass is 328 g/mol. The first-order valence-electron chi connectivity index (χ1n) is 7.28. The molecule has 0 aliphatic carbocycles. The van der Waals surface area contributed by atoms with Crippen molar-refractivity contribution in [3.8, 4) is 17.2 Å². The van der Waals surface area contributed by atoms with Crippen molar-refractivity contribution < 1.29 is 19.0 Å². The predicted octanol–water partition coefficient (Wildman–Crippen LogP) is 2.78. The molecule has 1 N–H and O–H groups in total. The molecule has 0 saturated heterocycles. The molecule has 0 fully saturated rings. The Morgan fingerprint density at radius 3 is 2.12 bits per heavy atom. The van der Waals surface area contributed by atoms with Gasteiger partial charge in [0.2, 0.25) is 0 Å². The van der Waals surface area contributed by atoms with Crippen LogP contribution in [-0.4, -0.2) is 33.5 Å². The van der Waals surface area contributed by atoms with Crippen LogP contribution in [0.4, 0.5) is 0 Å². The van der Waals surface area contributed by atoms with E-state index in [0.717, 1.165) is 16.9 Å². The van der Waals surface area contributed by atoms with Crippen molar-refractivity contribution in [3.05, 3.63) is 53.1 Å². The van der Waals surface area contributed by atoms with Crippen molar-refractivity contribution in [2.75, 3.05) is 21.3 Å². The van der Waals surface area contributed by atoms with Gasteiger partial charge in [0.1, 0.15) is 17.2 Å². The molecule has 2 aromatic carbocycles. The topological polar surface area (TPSA) is 69.2 Å². The summed E-state index contributed by atoms with van der Waals surface area (Å²) in [7, 11) is 4.67. The molecule has 0 aromatic heterocycles. The summed E-state index contributed by atoms with van der Waals surface area (Å²) in [5.41, 5.74) is 4.78. The van der Waals surface area contributed by atoms with Gasteiger partial charge in [-0.25, -0.2) is 5.43 Å². The molecule has 126 valence electrons. The molecule has 0 spiro atoms. The Hall–Kier alpha value is -3.02. The van der Waals surface area contributed by atoms with Crippen molar-refractivity contribution in [1.82, 2.24) is 5.43 Å². The Labute approximate surface area is 141 Å². The molecule has 0 aliphatic rings. The van der Waals surface area contributed by atoms with E-state index in [4.69, 9.17) is 14.2 Å². The highest BCUT2D eigenvalue weighted by Gasteiger charge is 2.09. The minimum Gasteiger partial charge on any atom is -0.497 e. The Morgan fingerprint density at radius 1 is 0.958 bits per heavy atom. The highest BCUT2D eigenvalue weighted by Crippen LogP contribution is 2.22. The van der Waals surface area contributed by atoms with Gasteiger partial charge in [-0.05, 0) is 48.4 Å². The lowest BCUT2D eigenvalue weighted by Gasteiger charge is -2.07. The zero-order valence-corrected chi connectivity index (χ0v) is 14.1. The maximum absolute atomic E-state index is 12.2. The molecule has 1 amide bonds. The molecule has 6 nitrogen and oxygen atoms in total. The molecular formula is C18H20N2O4. The van der Waals surface area contributed by atoms with Crippen LogP contribution in [0.3, 0.4) is 0 Å². The quantitative estimate of drug-likeness (QED) is 0.654. The minimum atomic E-state index is -0.352. The second kappa shape index (κ2) is 8.01. The van der Waals surface area contributed by atoms with Crippen LogP contribution in [0.25, 0.3) is 0 Å². The summed E-state index contributed by atoms with van der Waals surface area (Å²) < 4.78 is 15.5. The number of ether oxygens (including phenoxy) is 3. The molecule has 24 heavy (non-hydrogen) atoms. The Balaban J connectivity index is 2.10. The number of hydrazone groups is 1. The third kappa shape index (κ3) is 4.25. The molecule has 0 radical (unpaired) electrons. The summed E-state index contributed by atoms with van der Waals surface area (Å²) >= 11 is 0. The molecule has 2 aromatic rings. The molecule has 0 saturated carbocycles. The summed E-state index contributed by atoms with van der Waals surface area (Å²) in [6.45, 7) is 1.94. The number of benzene rings is 2. The average molecular weight is 328 g/mol. The lowest BCUT2D eigenvalue weighted by molar-refractivity contribution is 0.0954. The maximum atomic E-state index is 12.2. The van der Waals surface area contributed by atoms with E-state index in [-0.39, 0.29) is 5.91 Å². The van der Waals surface area contributed by atoms with Gasteiger partial charge in [0.25, 0.3) is 5.91 Å². The van der Waals surface area contributed by atoms with Crippen molar-refractivity contribution in [2.45, 2.75) is 6.92 Å². The number of carbonyl (C=O) groups is 1. The zero-order chi connectivity index (χ0) is 17.5. The predicted molar refractivity (Wildman–Crippen MR) is 92.3 cm³/mol. The van der Waals surface area contributed by atoms with Gasteiger partial charge < -0.3 is 14.2 Å². The second-order valence-corrected chi connectivity index (χ2v) is 5.02. The van der Waals surface area contributed by atoms with Crippen LogP contribution >= 0.6 is 0 Å². The smallest absolute Gasteiger partial charge is 0.271 e. The van der Waals surface area contributed by atoms with Crippen molar-refractivity contribution >= 4 is 12.1 Å². The number of carbonyl (C=O) groups excluding carboxylic acids is 1. The molecule has 0 unspecified atom stereocenters. The zero-order valence-electron chi connectivity index (χ0n) is 14.1. The van der Waals surface area contributed by atoms with Crippen molar-refractivity contribution in [1.29, 1.82) is 0 Å². The Bertz CT molecular complexity index is 734. The van der Waals surface area contributed by atoms with Crippen LogP contribution in [0.2, 0.25) is 0 Å². The number of nitrogens with one attached hydrogen (secondary N) is 1. The summed E-state index contributed by atoms with van der Waals surface area (Å²) in [6, 6.07) is 10.5. The third-order valence-electron chi connectivity index (χ3n) is 3.46. The number of rotatable bonds is 6. The van der Waals surface area contributed by atoms with Gasteiger partial charge >= 0.3 is 0 Å². The van der Waals surface area contributed by atoms with E-state index in [1.807, 2.05) is 25.1 Å². The van der Waals surface area contributed by atoms with Gasteiger partial charge in [-0.1, -0.05) is 0 Å². The van der Waals surface area contributed by atoms with E-state index in [9.17, 15) is 4.79 Å². The van der Waals surface area contributed by atoms with Gasteiger partial charge in [-0.2, -0.15) is 5.10 Å². The largest absolute Gasteiger partial charge is 0.497 e.